The molecule has 15 rings (SSSR count). The molecule has 8 bridgehead atoms. The Bertz CT molecular complexity index is 5860. The highest BCUT2D eigenvalue weighted by molar-refractivity contribution is 6.03. The summed E-state index contributed by atoms with van der Waals surface area (Å²) in [6.45, 7) is 19.7. The lowest BCUT2D eigenvalue weighted by molar-refractivity contribution is -0.116. The number of carbonyl (C=O) groups excluding carboxylic acids is 7. The minimum atomic E-state index is -0.564. The van der Waals surface area contributed by atoms with Gasteiger partial charge in [0.2, 0.25) is 35.4 Å². The van der Waals surface area contributed by atoms with Crippen molar-refractivity contribution in [3.8, 4) is 103 Å². The fraction of sp³-hybridized carbons (Fsp3) is 0.492. The Morgan fingerprint density at radius 2 is 0.448 bits per heavy atom. The van der Waals surface area contributed by atoms with Gasteiger partial charge in [0.15, 0.2) is 46.0 Å². The number of aldehydes is 1. The van der Waals surface area contributed by atoms with Gasteiger partial charge in [-0.2, -0.15) is 0 Å². The molecule has 0 radical (unpaired) electrons. The summed E-state index contributed by atoms with van der Waals surface area (Å²) in [5.74, 6) is 1.93. The summed E-state index contributed by atoms with van der Waals surface area (Å²) in [5.41, 5.74) is 10.8. The van der Waals surface area contributed by atoms with E-state index in [0.717, 1.165) is 204 Å². The second-order valence-corrected chi connectivity index (χ2v) is 40.3. The number of H-pyrrole nitrogens is 1. The van der Waals surface area contributed by atoms with Crippen LogP contribution in [-0.4, -0.2) is 51.7 Å². The van der Waals surface area contributed by atoms with Gasteiger partial charge in [-0.1, -0.05) is 325 Å². The van der Waals surface area contributed by atoms with Gasteiger partial charge < -0.3 is 74.8 Å². The Morgan fingerprint density at radius 3 is 0.655 bits per heavy atom. The van der Waals surface area contributed by atoms with E-state index in [9.17, 15) is 33.6 Å². The van der Waals surface area contributed by atoms with Crippen LogP contribution in [0.4, 0.5) is 34.1 Å². The number of amides is 6. The number of imidazole rings is 1. The zero-order valence-corrected chi connectivity index (χ0v) is 87.5. The quantitative estimate of drug-likeness (QED) is 0.0138. The maximum atomic E-state index is 14.2. The largest absolute Gasteiger partial charge is 0.453 e. The monoisotopic (exact) mass is 1970 g/mol. The van der Waals surface area contributed by atoms with Gasteiger partial charge in [-0.05, 0) is 49.9 Å². The third-order valence-corrected chi connectivity index (χ3v) is 29.4. The highest BCUT2D eigenvalue weighted by Gasteiger charge is 2.41. The van der Waals surface area contributed by atoms with Gasteiger partial charge in [0.05, 0.1) is 45.2 Å². The summed E-state index contributed by atoms with van der Waals surface area (Å²) in [5, 5.41) is 18.8. The molecule has 0 saturated heterocycles. The summed E-state index contributed by atoms with van der Waals surface area (Å²) in [4.78, 5) is 106. The van der Waals surface area contributed by atoms with E-state index >= 15 is 0 Å². The van der Waals surface area contributed by atoms with Crippen LogP contribution in [0.3, 0.4) is 0 Å². The Labute approximate surface area is 858 Å². The molecule has 145 heavy (non-hydrogen) atoms. The molecule has 5 heterocycles. The van der Waals surface area contributed by atoms with Crippen LogP contribution >= 0.6 is 0 Å². The Hall–Kier alpha value is -12.7. The molecule has 23 nitrogen and oxygen atoms in total. The molecule has 6 amide bonds. The first-order chi connectivity index (χ1) is 70.8. The van der Waals surface area contributed by atoms with Crippen LogP contribution in [0, 0.1) is 0 Å². The molecule has 4 atom stereocenters. The van der Waals surface area contributed by atoms with Crippen molar-refractivity contribution >= 4 is 86.9 Å². The molecule has 1 aliphatic carbocycles. The SMILES string of the molecule is CCCCCCCCCCCC1c2cc3c4cc2Oc2cc(NC(=O)CC)c(NC(=O)CC)cc2Oc2cc5c(cc21)C(CCCCCCCCCCC)c1cc2c(cc1Oc1cc(NC(=O)CC)c(NC(=O)CC)cc1O5)Oc1cc5[nH]c(-c6ccc(C=O)cc6)nc5cc1Oc1cc(c(cc1C2CCCCCCCCCCC)C3CCCCCCCCCCC)Oc1cc(NC(=O)CC)c(NC(=O)CC)cc1O4. The lowest BCUT2D eigenvalue weighted by atomic mass is 9.76. The minimum Gasteiger partial charge on any atom is -0.453 e. The number of unbranched alkanes of at least 4 members (excludes halogenated alkanes) is 32. The maximum absolute atomic E-state index is 14.2. The van der Waals surface area contributed by atoms with Gasteiger partial charge in [-0.3, -0.25) is 33.6 Å². The Morgan fingerprint density at radius 1 is 0.248 bits per heavy atom. The number of aromatic nitrogens is 2. The lowest BCUT2D eigenvalue weighted by Gasteiger charge is -2.30. The zero-order valence-electron chi connectivity index (χ0n) is 87.5. The summed E-state index contributed by atoms with van der Waals surface area (Å²) < 4.78 is 63.1. The first kappa shape index (κ1) is 107. The molecule has 23 heteroatoms. The van der Waals surface area contributed by atoms with Crippen molar-refractivity contribution in [2.24, 2.45) is 0 Å². The van der Waals surface area contributed by atoms with E-state index in [1.165, 1.54) is 83.5 Å². The highest BCUT2D eigenvalue weighted by atomic mass is 16.5. The molecule has 0 spiro atoms. The minimum absolute atomic E-state index is 0.115. The summed E-state index contributed by atoms with van der Waals surface area (Å²) in [6, 6.07) is 39.0. The standard InChI is InChI=1S/C122H154N8O15/c1-11-21-25-29-33-37-41-45-49-53-80-84-61-86-81(54-50-46-42-38-34-30-26-22-12-2)88-63-90-83(56-52-48-44-40-36-32-28-24-14-4)91-64-89-82(55-51-47-43-39-35-31-27-23-13-3)87-62-85(80)101-74-103(87)141-111-68-95(126-119(135)18-8)97(128-121(137)20-10)70-113(111)143-105(89)76-107(91)145-115-72-99-98(129-122(130-99)79-59-57-78(77-131)58-60-79)71-114(115)144-106(90)75-104(88)142-112-69-96(127-120(136)19-9)94(125-118(134)17-7)67-110(112)140-102(86)73-100(84)138-108-65-92(123-116(132)15-5)93(66-109(108)139-101)124-117(133)16-6/h57-77,80-83H,11-56H2,1-10H3,(H,123,132)(H,124,133)(H,125,134)(H,126,135)(H,127,136)(H,128,137)(H,129,130). The molecule has 9 aromatic carbocycles. The van der Waals surface area contributed by atoms with Gasteiger partial charge >= 0.3 is 0 Å². The Kier molecular flexibility index (Phi) is 38.9. The van der Waals surface area contributed by atoms with Crippen LogP contribution < -0.4 is 69.8 Å². The zero-order chi connectivity index (χ0) is 102. The number of aromatic amines is 1. The van der Waals surface area contributed by atoms with Crippen LogP contribution in [0.2, 0.25) is 0 Å². The smallest absolute Gasteiger partial charge is 0.224 e. The van der Waals surface area contributed by atoms with Crippen molar-refractivity contribution < 1.29 is 71.5 Å². The number of nitrogens with zero attached hydrogens (tertiary/aromatic N) is 1. The van der Waals surface area contributed by atoms with Crippen molar-refractivity contribution in [3.63, 3.8) is 0 Å². The first-order valence-electron chi connectivity index (χ1n) is 55.4. The predicted octanol–water partition coefficient (Wildman–Crippen LogP) is 35.3. The fourth-order valence-electron chi connectivity index (χ4n) is 21.0. The van der Waals surface area contributed by atoms with Crippen LogP contribution in [-0.2, 0) is 28.8 Å². The molecule has 4 aliphatic heterocycles. The van der Waals surface area contributed by atoms with Gasteiger partial charge in [0, 0.05) is 191 Å². The molecule has 4 unspecified atom stereocenters. The summed E-state index contributed by atoms with van der Waals surface area (Å²) >= 11 is 0. The van der Waals surface area contributed by atoms with Crippen molar-refractivity contribution in [1.82, 2.24) is 9.97 Å². The van der Waals surface area contributed by atoms with Crippen LogP contribution in [0.1, 0.15) is 443 Å². The average molecular weight is 1970 g/mol. The van der Waals surface area contributed by atoms with E-state index in [2.05, 4.69) is 101 Å². The number of nitrogens with one attached hydrogen (secondary N) is 7. The van der Waals surface area contributed by atoms with E-state index < -0.39 is 23.7 Å². The molecule has 5 aliphatic rings. The highest BCUT2D eigenvalue weighted by Crippen LogP contribution is 2.62. The molecule has 0 fully saturated rings. The number of rotatable bonds is 54. The number of fused-ring (bicyclic) bond motifs is 5. The van der Waals surface area contributed by atoms with Crippen LogP contribution in [0.25, 0.3) is 22.4 Å². The molecule has 1 aromatic heterocycles. The molecular formula is C122H154N8O15. The second-order valence-electron chi connectivity index (χ2n) is 40.3. The van der Waals surface area contributed by atoms with Gasteiger partial charge in [-0.15, -0.1) is 0 Å². The number of anilines is 6. The number of ether oxygens (including phenoxy) is 8. The number of carbonyl (C=O) groups is 7. The normalized spacial score (nSPS) is 14.7. The van der Waals surface area contributed by atoms with E-state index in [0.29, 0.717) is 106 Å². The van der Waals surface area contributed by atoms with Gasteiger partial charge in [-0.25, -0.2) is 4.98 Å². The van der Waals surface area contributed by atoms with Crippen molar-refractivity contribution in [2.45, 2.75) is 388 Å². The van der Waals surface area contributed by atoms with Gasteiger partial charge in [0.25, 0.3) is 0 Å². The second kappa shape index (κ2) is 52.9. The molecule has 772 valence electrons. The number of hydrogen-bond donors (Lipinski definition) is 7. The molecular weight excluding hydrogens is 1820 g/mol. The van der Waals surface area contributed by atoms with E-state index in [1.54, 1.807) is 90.1 Å². The summed E-state index contributed by atoms with van der Waals surface area (Å²) in [7, 11) is 0. The number of hydrogen-bond acceptors (Lipinski definition) is 16. The average Bonchev–Trinajstić information content (AvgIpc) is 1.48. The molecule has 10 aromatic rings. The maximum Gasteiger partial charge on any atom is 0.224 e. The topological polar surface area (TPSA) is 294 Å². The third-order valence-electron chi connectivity index (χ3n) is 29.4. The lowest BCUT2D eigenvalue weighted by Crippen LogP contribution is -2.15. The molecule has 7 N–H and O–H groups in total. The fourth-order valence-corrected chi connectivity index (χ4v) is 21.0. The van der Waals surface area contributed by atoms with Crippen LogP contribution in [0.5, 0.6) is 92.0 Å². The third kappa shape index (κ3) is 27.4. The predicted molar refractivity (Wildman–Crippen MR) is 581 cm³/mol. The van der Waals surface area contributed by atoms with E-state index in [4.69, 9.17) is 42.9 Å². The Balaban J connectivity index is 1.11. The molecule has 0 saturated carbocycles. The van der Waals surface area contributed by atoms with E-state index in [1.807, 2.05) is 36.4 Å². The van der Waals surface area contributed by atoms with Crippen molar-refractivity contribution in [2.75, 3.05) is 31.9 Å². The summed E-state index contributed by atoms with van der Waals surface area (Å²) in [6.07, 6.45) is 42.8. The first-order valence-corrected chi connectivity index (χ1v) is 55.4. The van der Waals surface area contributed by atoms with Gasteiger partial charge in [0.1, 0.15) is 58.1 Å². The van der Waals surface area contributed by atoms with E-state index in [-0.39, 0.29) is 143 Å². The van der Waals surface area contributed by atoms with Crippen molar-refractivity contribution in [3.05, 3.63) is 171 Å². The number of benzene rings is 9. The van der Waals surface area contributed by atoms with Crippen molar-refractivity contribution in [1.29, 1.82) is 0 Å². The van der Waals surface area contributed by atoms with Crippen LogP contribution in [0.15, 0.2) is 121 Å².